The van der Waals surface area contributed by atoms with Gasteiger partial charge in [-0.3, -0.25) is 0 Å². The Balaban J connectivity index is 1.67. The van der Waals surface area contributed by atoms with Gasteiger partial charge in [0.05, 0.1) is 12.1 Å². The van der Waals surface area contributed by atoms with Crippen molar-refractivity contribution >= 4 is 0 Å². The van der Waals surface area contributed by atoms with Gasteiger partial charge in [0, 0.05) is 6.61 Å². The molecule has 0 aliphatic heterocycles. The lowest BCUT2D eigenvalue weighted by Gasteiger charge is -2.35. The summed E-state index contributed by atoms with van der Waals surface area (Å²) < 4.78 is 6.18. The van der Waals surface area contributed by atoms with E-state index in [1.54, 1.807) is 0 Å². The van der Waals surface area contributed by atoms with E-state index in [4.69, 9.17) is 10.5 Å². The Labute approximate surface area is 116 Å². The van der Waals surface area contributed by atoms with Gasteiger partial charge in [0.1, 0.15) is 0 Å². The van der Waals surface area contributed by atoms with Crippen LogP contribution < -0.4 is 5.73 Å². The van der Waals surface area contributed by atoms with E-state index in [9.17, 15) is 0 Å². The molecule has 0 heterocycles. The van der Waals surface area contributed by atoms with Gasteiger partial charge in [-0.1, -0.05) is 44.0 Å². The molecule has 2 aliphatic rings. The van der Waals surface area contributed by atoms with Crippen molar-refractivity contribution in [1.82, 2.24) is 0 Å². The minimum Gasteiger partial charge on any atom is -0.376 e. The first-order valence-corrected chi connectivity index (χ1v) is 7.71. The Morgan fingerprint density at radius 3 is 2.58 bits per heavy atom. The maximum absolute atomic E-state index is 6.41. The molecule has 0 radical (unpaired) electrons. The standard InChI is InChI=1S/C17H25NO/c1-12-10-16(19-11-13-6-2-3-7-13)17(18)15-9-5-4-8-14(12)15/h4-5,8-9,12-13,16-17H,2-3,6-7,10-11,18H2,1H3. The first-order valence-electron chi connectivity index (χ1n) is 7.71. The second kappa shape index (κ2) is 5.64. The molecule has 0 aromatic heterocycles. The zero-order chi connectivity index (χ0) is 13.2. The normalized spacial score (nSPS) is 31.4. The average molecular weight is 259 g/mol. The quantitative estimate of drug-likeness (QED) is 0.896. The summed E-state index contributed by atoms with van der Waals surface area (Å²) in [5, 5.41) is 0. The molecule has 3 rings (SSSR count). The number of hydrogen-bond acceptors (Lipinski definition) is 2. The van der Waals surface area contributed by atoms with Crippen molar-refractivity contribution in [3.05, 3.63) is 35.4 Å². The molecule has 2 nitrogen and oxygen atoms in total. The van der Waals surface area contributed by atoms with Crippen LogP contribution in [0.5, 0.6) is 0 Å². The maximum Gasteiger partial charge on any atom is 0.0773 e. The Hall–Kier alpha value is -0.860. The van der Waals surface area contributed by atoms with Crippen LogP contribution in [-0.2, 0) is 4.74 Å². The number of hydrogen-bond donors (Lipinski definition) is 1. The summed E-state index contributed by atoms with van der Waals surface area (Å²) in [5.41, 5.74) is 9.11. The molecular weight excluding hydrogens is 234 g/mol. The molecule has 19 heavy (non-hydrogen) atoms. The van der Waals surface area contributed by atoms with Crippen LogP contribution in [0.2, 0.25) is 0 Å². The molecule has 0 spiro atoms. The largest absolute Gasteiger partial charge is 0.376 e. The molecule has 3 unspecified atom stereocenters. The van der Waals surface area contributed by atoms with E-state index < -0.39 is 0 Å². The highest BCUT2D eigenvalue weighted by Crippen LogP contribution is 2.38. The molecule has 2 heteroatoms. The Bertz CT molecular complexity index is 425. The van der Waals surface area contributed by atoms with Gasteiger partial charge in [0.15, 0.2) is 0 Å². The summed E-state index contributed by atoms with van der Waals surface area (Å²) in [5.74, 6) is 1.34. The molecule has 104 valence electrons. The topological polar surface area (TPSA) is 35.2 Å². The first-order chi connectivity index (χ1) is 9.25. The molecule has 1 aromatic carbocycles. The van der Waals surface area contributed by atoms with Crippen LogP contribution in [-0.4, -0.2) is 12.7 Å². The zero-order valence-electron chi connectivity index (χ0n) is 11.8. The lowest BCUT2D eigenvalue weighted by Crippen LogP contribution is -2.36. The second-order valence-electron chi connectivity index (χ2n) is 6.31. The van der Waals surface area contributed by atoms with Crippen LogP contribution in [0, 0.1) is 5.92 Å². The van der Waals surface area contributed by atoms with E-state index in [0.717, 1.165) is 18.9 Å². The molecule has 0 amide bonds. The van der Waals surface area contributed by atoms with Crippen molar-refractivity contribution in [2.24, 2.45) is 11.7 Å². The third kappa shape index (κ3) is 2.70. The minimum absolute atomic E-state index is 0.0498. The molecule has 2 aliphatic carbocycles. The lowest BCUT2D eigenvalue weighted by atomic mass is 9.79. The van der Waals surface area contributed by atoms with Crippen molar-refractivity contribution in [1.29, 1.82) is 0 Å². The molecule has 0 saturated heterocycles. The Morgan fingerprint density at radius 2 is 1.84 bits per heavy atom. The van der Waals surface area contributed by atoms with Crippen molar-refractivity contribution in [2.45, 2.75) is 57.1 Å². The van der Waals surface area contributed by atoms with Gasteiger partial charge in [-0.15, -0.1) is 0 Å². The number of nitrogens with two attached hydrogens (primary N) is 1. The molecule has 1 aromatic rings. The zero-order valence-corrected chi connectivity index (χ0v) is 11.8. The monoisotopic (exact) mass is 259 g/mol. The molecule has 1 saturated carbocycles. The molecule has 2 N–H and O–H groups in total. The van der Waals surface area contributed by atoms with Crippen LogP contribution in [0.15, 0.2) is 24.3 Å². The predicted molar refractivity (Wildman–Crippen MR) is 78.1 cm³/mol. The predicted octanol–water partition coefficient (Wildman–Crippen LogP) is 3.77. The highest BCUT2D eigenvalue weighted by atomic mass is 16.5. The Kier molecular flexibility index (Phi) is 3.90. The number of ether oxygens (including phenoxy) is 1. The fraction of sp³-hybridized carbons (Fsp3) is 0.647. The summed E-state index contributed by atoms with van der Waals surface area (Å²) in [6, 6.07) is 8.63. The molecule has 0 bridgehead atoms. The van der Waals surface area contributed by atoms with Crippen LogP contribution in [0.1, 0.15) is 62.1 Å². The first kappa shape index (κ1) is 13.1. The Morgan fingerprint density at radius 1 is 1.16 bits per heavy atom. The summed E-state index contributed by atoms with van der Waals surface area (Å²) in [4.78, 5) is 0. The van der Waals surface area contributed by atoms with Crippen molar-refractivity contribution in [3.8, 4) is 0 Å². The second-order valence-corrected chi connectivity index (χ2v) is 6.31. The van der Waals surface area contributed by atoms with Gasteiger partial charge < -0.3 is 10.5 Å². The fourth-order valence-electron chi connectivity index (χ4n) is 3.69. The van der Waals surface area contributed by atoms with E-state index in [1.807, 2.05) is 0 Å². The van der Waals surface area contributed by atoms with Crippen molar-refractivity contribution in [3.63, 3.8) is 0 Å². The number of rotatable bonds is 3. The summed E-state index contributed by atoms with van der Waals surface area (Å²) in [7, 11) is 0. The van der Waals surface area contributed by atoms with Gasteiger partial charge in [-0.25, -0.2) is 0 Å². The van der Waals surface area contributed by atoms with E-state index in [1.165, 1.54) is 36.8 Å². The summed E-state index contributed by atoms with van der Waals surface area (Å²) in [6.07, 6.45) is 6.70. The van der Waals surface area contributed by atoms with Gasteiger partial charge >= 0.3 is 0 Å². The van der Waals surface area contributed by atoms with Gasteiger partial charge in [0.25, 0.3) is 0 Å². The number of benzene rings is 1. The van der Waals surface area contributed by atoms with E-state index in [0.29, 0.717) is 5.92 Å². The van der Waals surface area contributed by atoms with Crippen LogP contribution in [0.4, 0.5) is 0 Å². The lowest BCUT2D eigenvalue weighted by molar-refractivity contribution is 0.00153. The SMILES string of the molecule is CC1CC(OCC2CCCC2)C(N)c2ccccc21. The van der Waals surface area contributed by atoms with Gasteiger partial charge in [-0.2, -0.15) is 0 Å². The van der Waals surface area contributed by atoms with E-state index in [2.05, 4.69) is 31.2 Å². The molecule has 3 atom stereocenters. The van der Waals surface area contributed by atoms with Crippen LogP contribution >= 0.6 is 0 Å². The van der Waals surface area contributed by atoms with Crippen LogP contribution in [0.25, 0.3) is 0 Å². The molecular formula is C17H25NO. The summed E-state index contributed by atoms with van der Waals surface area (Å²) >= 11 is 0. The van der Waals surface area contributed by atoms with Crippen molar-refractivity contribution in [2.75, 3.05) is 6.61 Å². The van der Waals surface area contributed by atoms with Crippen LogP contribution in [0.3, 0.4) is 0 Å². The van der Waals surface area contributed by atoms with E-state index in [-0.39, 0.29) is 12.1 Å². The molecule has 1 fully saturated rings. The minimum atomic E-state index is 0.0498. The highest BCUT2D eigenvalue weighted by Gasteiger charge is 2.31. The fourth-order valence-corrected chi connectivity index (χ4v) is 3.69. The number of fused-ring (bicyclic) bond motifs is 1. The average Bonchev–Trinajstić information content (AvgIpc) is 2.95. The highest BCUT2D eigenvalue weighted by molar-refractivity contribution is 5.35. The van der Waals surface area contributed by atoms with Gasteiger partial charge in [-0.05, 0) is 42.2 Å². The smallest absolute Gasteiger partial charge is 0.0773 e. The van der Waals surface area contributed by atoms with Crippen molar-refractivity contribution < 1.29 is 4.74 Å². The third-order valence-electron chi connectivity index (χ3n) is 4.89. The summed E-state index contributed by atoms with van der Waals surface area (Å²) in [6.45, 7) is 3.20. The van der Waals surface area contributed by atoms with Gasteiger partial charge in [0.2, 0.25) is 0 Å². The van der Waals surface area contributed by atoms with E-state index >= 15 is 0 Å². The third-order valence-corrected chi connectivity index (χ3v) is 4.89. The maximum atomic E-state index is 6.41.